The third-order valence-electron chi connectivity index (χ3n) is 3.77. The Balaban J connectivity index is 2.70. The van der Waals surface area contributed by atoms with Gasteiger partial charge in [0, 0.05) is 12.0 Å². The highest BCUT2D eigenvalue weighted by atomic mass is 15.1. The standard InChI is InChI=1S/C16H21N3/c1-10(2)12(5)16-18-14-8-13(9-17)6-7-15(14)19(16)11(3)4/h6-8,10-12H,1-5H3. The molecule has 0 saturated heterocycles. The minimum absolute atomic E-state index is 0.370. The molecular weight excluding hydrogens is 234 g/mol. The minimum Gasteiger partial charge on any atom is -0.325 e. The van der Waals surface area contributed by atoms with Gasteiger partial charge < -0.3 is 4.57 Å². The summed E-state index contributed by atoms with van der Waals surface area (Å²) >= 11 is 0. The summed E-state index contributed by atoms with van der Waals surface area (Å²) in [5, 5.41) is 9.00. The van der Waals surface area contributed by atoms with Crippen LogP contribution in [0.15, 0.2) is 18.2 Å². The van der Waals surface area contributed by atoms with E-state index in [0.717, 1.165) is 16.9 Å². The molecule has 0 bridgehead atoms. The average Bonchev–Trinajstić information content (AvgIpc) is 2.75. The van der Waals surface area contributed by atoms with Crippen molar-refractivity contribution in [2.75, 3.05) is 0 Å². The number of fused-ring (bicyclic) bond motifs is 1. The molecule has 1 aromatic heterocycles. The highest BCUT2D eigenvalue weighted by Gasteiger charge is 2.20. The summed E-state index contributed by atoms with van der Waals surface area (Å²) in [6.45, 7) is 11.0. The van der Waals surface area contributed by atoms with E-state index in [9.17, 15) is 0 Å². The van der Waals surface area contributed by atoms with Gasteiger partial charge in [-0.3, -0.25) is 0 Å². The van der Waals surface area contributed by atoms with Gasteiger partial charge in [0.25, 0.3) is 0 Å². The van der Waals surface area contributed by atoms with Gasteiger partial charge in [-0.2, -0.15) is 5.26 Å². The van der Waals surface area contributed by atoms with Gasteiger partial charge in [0.2, 0.25) is 0 Å². The maximum atomic E-state index is 9.00. The molecule has 1 aromatic carbocycles. The SMILES string of the molecule is CC(C)C(C)c1nc2cc(C#N)ccc2n1C(C)C. The topological polar surface area (TPSA) is 41.6 Å². The number of nitriles is 1. The van der Waals surface area contributed by atoms with Gasteiger partial charge in [0.15, 0.2) is 0 Å². The third kappa shape index (κ3) is 2.35. The number of imidazole rings is 1. The van der Waals surface area contributed by atoms with E-state index in [-0.39, 0.29) is 0 Å². The van der Waals surface area contributed by atoms with Crippen LogP contribution in [0.3, 0.4) is 0 Å². The molecule has 3 heteroatoms. The second-order valence-corrected chi connectivity index (χ2v) is 5.78. The average molecular weight is 255 g/mol. The Morgan fingerprint density at radius 2 is 1.84 bits per heavy atom. The maximum Gasteiger partial charge on any atom is 0.113 e. The molecule has 2 aromatic rings. The zero-order chi connectivity index (χ0) is 14.2. The second kappa shape index (κ2) is 5.05. The number of hydrogen-bond acceptors (Lipinski definition) is 2. The van der Waals surface area contributed by atoms with E-state index in [2.05, 4.69) is 45.3 Å². The quantitative estimate of drug-likeness (QED) is 0.822. The summed E-state index contributed by atoms with van der Waals surface area (Å²) in [5.74, 6) is 2.07. The summed E-state index contributed by atoms with van der Waals surface area (Å²) in [7, 11) is 0. The van der Waals surface area contributed by atoms with Crippen molar-refractivity contribution in [1.29, 1.82) is 5.26 Å². The zero-order valence-corrected chi connectivity index (χ0v) is 12.3. The van der Waals surface area contributed by atoms with Gasteiger partial charge in [0.1, 0.15) is 5.82 Å². The van der Waals surface area contributed by atoms with Crippen LogP contribution in [-0.2, 0) is 0 Å². The highest BCUT2D eigenvalue weighted by Crippen LogP contribution is 2.30. The van der Waals surface area contributed by atoms with E-state index in [0.29, 0.717) is 23.4 Å². The van der Waals surface area contributed by atoms with Crippen LogP contribution < -0.4 is 0 Å². The Kier molecular flexibility index (Phi) is 3.61. The second-order valence-electron chi connectivity index (χ2n) is 5.78. The molecule has 0 fully saturated rings. The van der Waals surface area contributed by atoms with Crippen LogP contribution in [0, 0.1) is 17.2 Å². The molecule has 2 rings (SSSR count). The first-order chi connectivity index (χ1) is 8.95. The van der Waals surface area contributed by atoms with Gasteiger partial charge in [-0.05, 0) is 38.0 Å². The summed E-state index contributed by atoms with van der Waals surface area (Å²) in [5.41, 5.74) is 2.72. The Bertz CT molecular complexity index is 629. The number of benzene rings is 1. The van der Waals surface area contributed by atoms with Crippen molar-refractivity contribution in [2.24, 2.45) is 5.92 Å². The Hall–Kier alpha value is -1.82. The largest absolute Gasteiger partial charge is 0.325 e. The molecule has 0 saturated carbocycles. The summed E-state index contributed by atoms with van der Waals surface area (Å²) in [6.07, 6.45) is 0. The van der Waals surface area contributed by atoms with Gasteiger partial charge in [-0.1, -0.05) is 20.8 Å². The van der Waals surface area contributed by atoms with Crippen molar-refractivity contribution >= 4 is 11.0 Å². The van der Waals surface area contributed by atoms with Crippen LogP contribution in [0.2, 0.25) is 0 Å². The molecule has 0 aliphatic heterocycles. The molecule has 19 heavy (non-hydrogen) atoms. The van der Waals surface area contributed by atoms with Crippen molar-refractivity contribution in [3.05, 3.63) is 29.6 Å². The zero-order valence-electron chi connectivity index (χ0n) is 12.3. The van der Waals surface area contributed by atoms with Crippen molar-refractivity contribution in [3.63, 3.8) is 0 Å². The molecule has 0 amide bonds. The monoisotopic (exact) mass is 255 g/mol. The Morgan fingerprint density at radius 1 is 1.16 bits per heavy atom. The Labute approximate surface area is 114 Å². The number of nitrogens with zero attached hydrogens (tertiary/aromatic N) is 3. The lowest BCUT2D eigenvalue weighted by Crippen LogP contribution is -2.12. The lowest BCUT2D eigenvalue weighted by molar-refractivity contribution is 0.469. The molecule has 0 spiro atoms. The Morgan fingerprint density at radius 3 is 2.37 bits per heavy atom. The van der Waals surface area contributed by atoms with Crippen molar-refractivity contribution in [2.45, 2.75) is 46.6 Å². The third-order valence-corrected chi connectivity index (χ3v) is 3.77. The van der Waals surface area contributed by atoms with Crippen LogP contribution in [0.1, 0.15) is 58.0 Å². The van der Waals surface area contributed by atoms with Gasteiger partial charge in [0.05, 0.1) is 22.7 Å². The summed E-state index contributed by atoms with van der Waals surface area (Å²) < 4.78 is 2.29. The molecule has 1 atom stereocenters. The van der Waals surface area contributed by atoms with E-state index in [1.807, 2.05) is 18.2 Å². The first-order valence-corrected chi connectivity index (χ1v) is 6.87. The number of rotatable bonds is 3. The van der Waals surface area contributed by atoms with E-state index >= 15 is 0 Å². The fraction of sp³-hybridized carbons (Fsp3) is 0.500. The summed E-state index contributed by atoms with van der Waals surface area (Å²) in [6, 6.07) is 8.31. The molecule has 1 heterocycles. The van der Waals surface area contributed by atoms with Crippen LogP contribution in [0.25, 0.3) is 11.0 Å². The molecule has 0 radical (unpaired) electrons. The molecule has 1 unspecified atom stereocenters. The fourth-order valence-corrected chi connectivity index (χ4v) is 2.35. The van der Waals surface area contributed by atoms with Gasteiger partial charge in [-0.15, -0.1) is 0 Å². The highest BCUT2D eigenvalue weighted by molar-refractivity contribution is 5.78. The lowest BCUT2D eigenvalue weighted by Gasteiger charge is -2.20. The van der Waals surface area contributed by atoms with Gasteiger partial charge in [-0.25, -0.2) is 4.98 Å². The molecule has 0 aliphatic carbocycles. The van der Waals surface area contributed by atoms with Crippen molar-refractivity contribution in [3.8, 4) is 6.07 Å². The maximum absolute atomic E-state index is 9.00. The normalized spacial score (nSPS) is 13.2. The molecule has 3 nitrogen and oxygen atoms in total. The lowest BCUT2D eigenvalue weighted by atomic mass is 9.97. The van der Waals surface area contributed by atoms with Crippen LogP contribution in [0.5, 0.6) is 0 Å². The van der Waals surface area contributed by atoms with Gasteiger partial charge >= 0.3 is 0 Å². The summed E-state index contributed by atoms with van der Waals surface area (Å²) in [4.78, 5) is 4.78. The molecule has 100 valence electrons. The van der Waals surface area contributed by atoms with Crippen LogP contribution >= 0.6 is 0 Å². The molecule has 0 aliphatic rings. The van der Waals surface area contributed by atoms with E-state index < -0.39 is 0 Å². The van der Waals surface area contributed by atoms with Crippen molar-refractivity contribution in [1.82, 2.24) is 9.55 Å². The van der Waals surface area contributed by atoms with E-state index in [4.69, 9.17) is 10.2 Å². The molecular formula is C16H21N3. The predicted octanol–water partition coefficient (Wildman–Crippen LogP) is 4.25. The minimum atomic E-state index is 0.370. The van der Waals surface area contributed by atoms with Crippen LogP contribution in [-0.4, -0.2) is 9.55 Å². The fourth-order valence-electron chi connectivity index (χ4n) is 2.35. The first-order valence-electron chi connectivity index (χ1n) is 6.87. The van der Waals surface area contributed by atoms with E-state index in [1.165, 1.54) is 0 Å². The predicted molar refractivity (Wildman–Crippen MR) is 78.1 cm³/mol. The van der Waals surface area contributed by atoms with Crippen LogP contribution in [0.4, 0.5) is 0 Å². The molecule has 0 N–H and O–H groups in total. The first kappa shape index (κ1) is 13.6. The smallest absolute Gasteiger partial charge is 0.113 e. The number of hydrogen-bond donors (Lipinski definition) is 0. The van der Waals surface area contributed by atoms with E-state index in [1.54, 1.807) is 0 Å². The van der Waals surface area contributed by atoms with Crippen molar-refractivity contribution < 1.29 is 0 Å². The number of aromatic nitrogens is 2.